The molecule has 2 aromatic carbocycles. The molecule has 0 saturated carbocycles. The van der Waals surface area contributed by atoms with E-state index in [1.807, 2.05) is 63.2 Å². The summed E-state index contributed by atoms with van der Waals surface area (Å²) < 4.78 is 5.70. The molecule has 0 radical (unpaired) electrons. The van der Waals surface area contributed by atoms with Gasteiger partial charge in [-0.05, 0) is 43.5 Å². The lowest BCUT2D eigenvalue weighted by atomic mass is 9.87. The van der Waals surface area contributed by atoms with Crippen LogP contribution in [0.2, 0.25) is 0 Å². The van der Waals surface area contributed by atoms with Gasteiger partial charge in [0.25, 0.3) is 5.91 Å². The SMILES string of the molecule is CCC1(CC)CC(=O)N([C@H](C)c2cccc(C(=O)NC3CCOc4ccccc43)c2)C(N)=N1. The van der Waals surface area contributed by atoms with Crippen LogP contribution >= 0.6 is 0 Å². The smallest absolute Gasteiger partial charge is 0.251 e. The van der Waals surface area contributed by atoms with Crippen LogP contribution in [-0.2, 0) is 4.79 Å². The van der Waals surface area contributed by atoms with Gasteiger partial charge in [-0.25, -0.2) is 4.99 Å². The zero-order chi connectivity index (χ0) is 23.6. The zero-order valence-electron chi connectivity index (χ0n) is 19.5. The number of ether oxygens (including phenoxy) is 1. The van der Waals surface area contributed by atoms with Crippen molar-refractivity contribution in [3.05, 3.63) is 65.2 Å². The van der Waals surface area contributed by atoms with Gasteiger partial charge in [0.05, 0.1) is 30.7 Å². The largest absolute Gasteiger partial charge is 0.493 e. The Hall–Kier alpha value is -3.35. The van der Waals surface area contributed by atoms with E-state index >= 15 is 0 Å². The maximum atomic E-state index is 13.1. The Morgan fingerprint density at radius 3 is 2.73 bits per heavy atom. The molecule has 174 valence electrons. The van der Waals surface area contributed by atoms with Crippen LogP contribution < -0.4 is 15.8 Å². The molecule has 2 aromatic rings. The predicted molar refractivity (Wildman–Crippen MR) is 128 cm³/mol. The van der Waals surface area contributed by atoms with Crippen molar-refractivity contribution in [3.8, 4) is 5.75 Å². The lowest BCUT2D eigenvalue weighted by Crippen LogP contribution is -2.52. The molecular weight excluding hydrogens is 416 g/mol. The van der Waals surface area contributed by atoms with Gasteiger partial charge in [-0.3, -0.25) is 14.5 Å². The van der Waals surface area contributed by atoms with Crippen molar-refractivity contribution >= 4 is 17.8 Å². The molecule has 7 nitrogen and oxygen atoms in total. The third-order valence-corrected chi connectivity index (χ3v) is 6.95. The number of hydrogen-bond donors (Lipinski definition) is 2. The van der Waals surface area contributed by atoms with Gasteiger partial charge in [0.1, 0.15) is 5.75 Å². The molecule has 0 fully saturated rings. The first-order chi connectivity index (χ1) is 15.9. The number of nitrogens with one attached hydrogen (secondary N) is 1. The minimum absolute atomic E-state index is 0.0348. The van der Waals surface area contributed by atoms with E-state index in [1.54, 1.807) is 11.0 Å². The molecule has 2 aliphatic rings. The summed E-state index contributed by atoms with van der Waals surface area (Å²) in [7, 11) is 0. The van der Waals surface area contributed by atoms with E-state index in [4.69, 9.17) is 15.5 Å². The quantitative estimate of drug-likeness (QED) is 0.695. The average Bonchev–Trinajstić information content (AvgIpc) is 2.83. The van der Waals surface area contributed by atoms with E-state index in [2.05, 4.69) is 5.32 Å². The number of carbonyl (C=O) groups is 2. The highest BCUT2D eigenvalue weighted by atomic mass is 16.5. The number of nitrogens with zero attached hydrogens (tertiary/aromatic N) is 2. The standard InChI is InChI=1S/C26H32N4O3/c1-4-26(5-2)16-23(31)30(25(27)29-26)17(3)18-9-8-10-19(15-18)24(32)28-21-13-14-33-22-12-7-6-11-20(21)22/h6-12,15,17,21H,4-5,13-14,16H2,1-3H3,(H2,27,29)(H,28,32)/t17-,21?/m1/s1. The van der Waals surface area contributed by atoms with Crippen LogP contribution in [0.25, 0.3) is 0 Å². The van der Waals surface area contributed by atoms with Crippen molar-refractivity contribution in [2.45, 2.75) is 64.1 Å². The number of guanidine groups is 1. The molecule has 3 N–H and O–H groups in total. The van der Waals surface area contributed by atoms with Crippen molar-refractivity contribution in [2.75, 3.05) is 6.61 Å². The molecule has 2 aliphatic heterocycles. The third-order valence-electron chi connectivity index (χ3n) is 6.95. The van der Waals surface area contributed by atoms with E-state index in [-0.39, 0.29) is 29.9 Å². The fourth-order valence-corrected chi connectivity index (χ4v) is 4.73. The van der Waals surface area contributed by atoms with Gasteiger partial charge in [0.2, 0.25) is 5.91 Å². The monoisotopic (exact) mass is 448 g/mol. The normalized spacial score (nSPS) is 20.3. The molecule has 0 spiro atoms. The van der Waals surface area contributed by atoms with Crippen LogP contribution in [0.5, 0.6) is 5.75 Å². The Kier molecular flexibility index (Phi) is 6.40. The Bertz CT molecular complexity index is 1080. The Labute approximate surface area is 195 Å². The van der Waals surface area contributed by atoms with Crippen molar-refractivity contribution in [1.29, 1.82) is 0 Å². The molecule has 7 heteroatoms. The number of fused-ring (bicyclic) bond motifs is 1. The molecule has 0 saturated heterocycles. The lowest BCUT2D eigenvalue weighted by Gasteiger charge is -2.39. The fraction of sp³-hybridized carbons (Fsp3) is 0.423. The Morgan fingerprint density at radius 2 is 2.00 bits per heavy atom. The minimum Gasteiger partial charge on any atom is -0.493 e. The second-order valence-electron chi connectivity index (χ2n) is 8.84. The number of rotatable bonds is 6. The zero-order valence-corrected chi connectivity index (χ0v) is 19.5. The summed E-state index contributed by atoms with van der Waals surface area (Å²) in [5, 5.41) is 3.13. The van der Waals surface area contributed by atoms with Gasteiger partial charge in [0, 0.05) is 17.5 Å². The van der Waals surface area contributed by atoms with E-state index in [0.29, 0.717) is 25.0 Å². The van der Waals surface area contributed by atoms with Crippen LogP contribution in [0.3, 0.4) is 0 Å². The molecule has 2 amide bonds. The van der Waals surface area contributed by atoms with E-state index < -0.39 is 5.54 Å². The summed E-state index contributed by atoms with van der Waals surface area (Å²) in [5.41, 5.74) is 8.21. The maximum absolute atomic E-state index is 13.1. The predicted octanol–water partition coefficient (Wildman–Crippen LogP) is 4.11. The summed E-state index contributed by atoms with van der Waals surface area (Å²) in [4.78, 5) is 32.4. The summed E-state index contributed by atoms with van der Waals surface area (Å²) in [6, 6.07) is 14.7. The molecular formula is C26H32N4O3. The number of benzene rings is 2. The summed E-state index contributed by atoms with van der Waals surface area (Å²) in [5.74, 6) is 0.863. The van der Waals surface area contributed by atoms with Crippen LogP contribution in [0, 0.1) is 0 Å². The summed E-state index contributed by atoms with van der Waals surface area (Å²) in [6.07, 6.45) is 2.59. The van der Waals surface area contributed by atoms with Gasteiger partial charge in [-0.15, -0.1) is 0 Å². The number of para-hydroxylation sites is 1. The van der Waals surface area contributed by atoms with Crippen molar-refractivity contribution in [1.82, 2.24) is 10.2 Å². The molecule has 4 rings (SSSR count). The van der Waals surface area contributed by atoms with Crippen molar-refractivity contribution in [2.24, 2.45) is 10.7 Å². The molecule has 0 aromatic heterocycles. The molecule has 0 bridgehead atoms. The average molecular weight is 449 g/mol. The number of nitrogens with two attached hydrogens (primary N) is 1. The number of hydrogen-bond acceptors (Lipinski definition) is 5. The molecule has 2 heterocycles. The van der Waals surface area contributed by atoms with Crippen LogP contribution in [-0.4, -0.2) is 34.8 Å². The van der Waals surface area contributed by atoms with Crippen LogP contribution in [0.4, 0.5) is 0 Å². The lowest BCUT2D eigenvalue weighted by molar-refractivity contribution is -0.131. The molecule has 0 aliphatic carbocycles. The first-order valence-corrected chi connectivity index (χ1v) is 11.7. The molecule has 33 heavy (non-hydrogen) atoms. The highest BCUT2D eigenvalue weighted by molar-refractivity contribution is 5.99. The third kappa shape index (κ3) is 4.45. The van der Waals surface area contributed by atoms with E-state index in [9.17, 15) is 9.59 Å². The maximum Gasteiger partial charge on any atom is 0.251 e. The molecule has 1 unspecified atom stereocenters. The minimum atomic E-state index is -0.418. The number of carbonyl (C=O) groups excluding carboxylic acids is 2. The van der Waals surface area contributed by atoms with Gasteiger partial charge < -0.3 is 15.8 Å². The summed E-state index contributed by atoms with van der Waals surface area (Å²) in [6.45, 7) is 6.54. The van der Waals surface area contributed by atoms with Crippen LogP contribution in [0.15, 0.2) is 53.5 Å². The Balaban J connectivity index is 1.54. The number of amides is 2. The topological polar surface area (TPSA) is 97.0 Å². The Morgan fingerprint density at radius 1 is 1.24 bits per heavy atom. The van der Waals surface area contributed by atoms with E-state index in [0.717, 1.165) is 29.7 Å². The molecule has 2 atom stereocenters. The highest BCUT2D eigenvalue weighted by Gasteiger charge is 2.39. The fourth-order valence-electron chi connectivity index (χ4n) is 4.73. The highest BCUT2D eigenvalue weighted by Crippen LogP contribution is 2.34. The van der Waals surface area contributed by atoms with Crippen LogP contribution in [0.1, 0.15) is 80.0 Å². The second kappa shape index (κ2) is 9.25. The van der Waals surface area contributed by atoms with Crippen molar-refractivity contribution < 1.29 is 14.3 Å². The van der Waals surface area contributed by atoms with E-state index in [1.165, 1.54) is 0 Å². The van der Waals surface area contributed by atoms with Crippen molar-refractivity contribution in [3.63, 3.8) is 0 Å². The second-order valence-corrected chi connectivity index (χ2v) is 8.84. The van der Waals surface area contributed by atoms with Gasteiger partial charge >= 0.3 is 0 Å². The first kappa shape index (κ1) is 22.8. The number of aliphatic imine (C=N–C) groups is 1. The van der Waals surface area contributed by atoms with Gasteiger partial charge in [-0.2, -0.15) is 0 Å². The van der Waals surface area contributed by atoms with Gasteiger partial charge in [0.15, 0.2) is 5.96 Å². The van der Waals surface area contributed by atoms with Gasteiger partial charge in [-0.1, -0.05) is 44.2 Å². The first-order valence-electron chi connectivity index (χ1n) is 11.7. The summed E-state index contributed by atoms with van der Waals surface area (Å²) >= 11 is 0.